The van der Waals surface area contributed by atoms with E-state index < -0.39 is 0 Å². The van der Waals surface area contributed by atoms with E-state index in [1.807, 2.05) is 13.2 Å². The lowest BCUT2D eigenvalue weighted by Gasteiger charge is -2.06. The highest BCUT2D eigenvalue weighted by atomic mass is 32.2. The molecule has 0 atom stereocenters. The second-order valence-corrected chi connectivity index (χ2v) is 3.95. The molecule has 3 heteroatoms. The Balaban J connectivity index is 2.82. The first-order valence-corrected chi connectivity index (χ1v) is 5.53. The van der Waals surface area contributed by atoms with Gasteiger partial charge in [-0.2, -0.15) is 0 Å². The fourth-order valence-electron chi connectivity index (χ4n) is 1.51. The number of thioether (sulfide) groups is 1. The van der Waals surface area contributed by atoms with Crippen molar-refractivity contribution < 1.29 is 4.39 Å². The van der Waals surface area contributed by atoms with Crippen molar-refractivity contribution in [2.24, 2.45) is 0 Å². The van der Waals surface area contributed by atoms with Crippen LogP contribution >= 0.6 is 11.8 Å². The smallest absolute Gasteiger partial charge is 0.125 e. The van der Waals surface area contributed by atoms with Gasteiger partial charge in [0.15, 0.2) is 0 Å². The van der Waals surface area contributed by atoms with E-state index in [9.17, 15) is 4.39 Å². The molecule has 0 N–H and O–H groups in total. The van der Waals surface area contributed by atoms with Crippen molar-refractivity contribution in [3.8, 4) is 0 Å². The first-order valence-electron chi connectivity index (χ1n) is 4.31. The molecule has 2 rings (SSSR count). The van der Waals surface area contributed by atoms with Gasteiger partial charge >= 0.3 is 0 Å². The Morgan fingerprint density at radius 1 is 1.36 bits per heavy atom. The van der Waals surface area contributed by atoms with E-state index in [1.165, 1.54) is 17.0 Å². The van der Waals surface area contributed by atoms with E-state index in [0.29, 0.717) is 0 Å². The van der Waals surface area contributed by atoms with Gasteiger partial charge in [-0.15, -0.1) is 11.8 Å². The fraction of sp³-hybridized carbons (Fsp3) is 0.182. The molecule has 1 aromatic carbocycles. The molecule has 0 unspecified atom stereocenters. The molecule has 0 saturated carbocycles. The Hall–Kier alpha value is -1.09. The summed E-state index contributed by atoms with van der Waals surface area (Å²) in [4.78, 5) is 5.37. The lowest BCUT2D eigenvalue weighted by atomic mass is 10.2. The van der Waals surface area contributed by atoms with Crippen LogP contribution in [0.1, 0.15) is 5.56 Å². The summed E-state index contributed by atoms with van der Waals surface area (Å²) in [6.07, 6.45) is 3.80. The van der Waals surface area contributed by atoms with E-state index in [4.69, 9.17) is 0 Å². The normalized spacial score (nSPS) is 10.8. The molecular weight excluding hydrogens is 197 g/mol. The van der Waals surface area contributed by atoms with Crippen LogP contribution in [0.3, 0.4) is 0 Å². The van der Waals surface area contributed by atoms with Crippen LogP contribution in [-0.2, 0) is 0 Å². The molecule has 0 aliphatic rings. The number of halogens is 1. The van der Waals surface area contributed by atoms with E-state index in [2.05, 4.69) is 4.98 Å². The molecule has 0 radical (unpaired) electrons. The molecule has 0 bridgehead atoms. The zero-order valence-corrected chi connectivity index (χ0v) is 8.86. The van der Waals surface area contributed by atoms with Crippen LogP contribution in [0.25, 0.3) is 10.9 Å². The van der Waals surface area contributed by atoms with Gasteiger partial charge in [-0.25, -0.2) is 4.39 Å². The molecule has 1 aromatic heterocycles. The lowest BCUT2D eigenvalue weighted by Crippen LogP contribution is -1.87. The third-order valence-corrected chi connectivity index (χ3v) is 3.11. The van der Waals surface area contributed by atoms with E-state index >= 15 is 0 Å². The maximum absolute atomic E-state index is 12.9. The van der Waals surface area contributed by atoms with Crippen LogP contribution in [-0.4, -0.2) is 11.2 Å². The van der Waals surface area contributed by atoms with Crippen molar-refractivity contribution in [2.45, 2.75) is 11.8 Å². The molecule has 1 heterocycles. The maximum Gasteiger partial charge on any atom is 0.125 e. The topological polar surface area (TPSA) is 12.9 Å². The highest BCUT2D eigenvalue weighted by Crippen LogP contribution is 2.28. The van der Waals surface area contributed by atoms with E-state index in [1.54, 1.807) is 24.0 Å². The number of rotatable bonds is 1. The summed E-state index contributed by atoms with van der Waals surface area (Å²) >= 11 is 1.67. The van der Waals surface area contributed by atoms with Gasteiger partial charge in [-0.1, -0.05) is 0 Å². The Morgan fingerprint density at radius 3 is 2.86 bits per heavy atom. The number of nitrogens with zero attached hydrogens (tertiary/aromatic N) is 1. The molecule has 1 nitrogen and oxygen atoms in total. The lowest BCUT2D eigenvalue weighted by molar-refractivity contribution is 0.629. The first-order chi connectivity index (χ1) is 6.72. The monoisotopic (exact) mass is 207 g/mol. The number of pyridine rings is 1. The van der Waals surface area contributed by atoms with Crippen molar-refractivity contribution in [2.75, 3.05) is 6.26 Å². The van der Waals surface area contributed by atoms with Gasteiger partial charge in [0.1, 0.15) is 5.82 Å². The van der Waals surface area contributed by atoms with Crippen LogP contribution in [0.15, 0.2) is 29.3 Å². The predicted molar refractivity (Wildman–Crippen MR) is 58.2 cm³/mol. The molecule has 0 fully saturated rings. The highest BCUT2D eigenvalue weighted by molar-refractivity contribution is 7.98. The van der Waals surface area contributed by atoms with Gasteiger partial charge in [0.05, 0.1) is 5.52 Å². The van der Waals surface area contributed by atoms with Gasteiger partial charge in [0, 0.05) is 22.5 Å². The fourth-order valence-corrected chi connectivity index (χ4v) is 2.28. The molecule has 0 saturated heterocycles. The number of hydrogen-bond donors (Lipinski definition) is 0. The minimum absolute atomic E-state index is 0.235. The van der Waals surface area contributed by atoms with Gasteiger partial charge < -0.3 is 0 Å². The summed E-state index contributed by atoms with van der Waals surface area (Å²) in [5, 5.41) is 1.03. The van der Waals surface area contributed by atoms with Crippen molar-refractivity contribution in [3.05, 3.63) is 35.8 Å². The summed E-state index contributed by atoms with van der Waals surface area (Å²) in [6.45, 7) is 2.02. The van der Waals surface area contributed by atoms with Crippen molar-refractivity contribution >= 4 is 22.7 Å². The number of hydrogen-bond acceptors (Lipinski definition) is 2. The summed E-state index contributed by atoms with van der Waals surface area (Å²) < 4.78 is 12.9. The predicted octanol–water partition coefficient (Wildman–Crippen LogP) is 3.40. The van der Waals surface area contributed by atoms with Crippen molar-refractivity contribution in [3.63, 3.8) is 0 Å². The second-order valence-electron chi connectivity index (χ2n) is 3.14. The zero-order chi connectivity index (χ0) is 10.1. The second kappa shape index (κ2) is 3.58. The molecule has 14 heavy (non-hydrogen) atoms. The Kier molecular flexibility index (Phi) is 2.42. The molecule has 72 valence electrons. The summed E-state index contributed by atoms with van der Waals surface area (Å²) in [5.41, 5.74) is 1.86. The molecular formula is C11H10FNS. The molecule has 0 aliphatic carbocycles. The van der Waals surface area contributed by atoms with Gasteiger partial charge in [-0.3, -0.25) is 4.98 Å². The van der Waals surface area contributed by atoms with E-state index in [-0.39, 0.29) is 5.82 Å². The Morgan fingerprint density at radius 2 is 2.14 bits per heavy atom. The third-order valence-electron chi connectivity index (χ3n) is 2.16. The van der Waals surface area contributed by atoms with Crippen LogP contribution in [0.5, 0.6) is 0 Å². The standard InChI is InChI=1S/C11H10FNS/c1-7-6-13-10-5-8(12)3-4-9(10)11(7)14-2/h3-6H,1-2H3. The number of fused-ring (bicyclic) bond motifs is 1. The zero-order valence-electron chi connectivity index (χ0n) is 8.04. The van der Waals surface area contributed by atoms with Crippen LogP contribution in [0, 0.1) is 12.7 Å². The Bertz CT molecular complexity index is 482. The SMILES string of the molecule is CSc1c(C)cnc2cc(F)ccc12. The van der Waals surface area contributed by atoms with Gasteiger partial charge in [-0.05, 0) is 30.9 Å². The number of benzene rings is 1. The molecule has 0 amide bonds. The number of aromatic nitrogens is 1. The highest BCUT2D eigenvalue weighted by Gasteiger charge is 2.05. The maximum atomic E-state index is 12.9. The average molecular weight is 207 g/mol. The molecule has 2 aromatic rings. The van der Waals surface area contributed by atoms with Crippen molar-refractivity contribution in [1.82, 2.24) is 4.98 Å². The third kappa shape index (κ3) is 1.48. The quantitative estimate of drug-likeness (QED) is 0.665. The van der Waals surface area contributed by atoms with E-state index in [0.717, 1.165) is 16.5 Å². The van der Waals surface area contributed by atoms with Crippen LogP contribution < -0.4 is 0 Å². The van der Waals surface area contributed by atoms with Gasteiger partial charge in [0.25, 0.3) is 0 Å². The van der Waals surface area contributed by atoms with Gasteiger partial charge in [0.2, 0.25) is 0 Å². The summed E-state index contributed by atoms with van der Waals surface area (Å²) in [6, 6.07) is 4.73. The first kappa shape index (κ1) is 9.46. The minimum Gasteiger partial charge on any atom is -0.256 e. The summed E-state index contributed by atoms with van der Waals surface area (Å²) in [7, 11) is 0. The summed E-state index contributed by atoms with van der Waals surface area (Å²) in [5.74, 6) is -0.235. The number of aryl methyl sites for hydroxylation is 1. The minimum atomic E-state index is -0.235. The molecule has 0 spiro atoms. The van der Waals surface area contributed by atoms with Crippen LogP contribution in [0.4, 0.5) is 4.39 Å². The molecule has 0 aliphatic heterocycles. The van der Waals surface area contributed by atoms with Crippen molar-refractivity contribution in [1.29, 1.82) is 0 Å². The largest absolute Gasteiger partial charge is 0.256 e. The average Bonchev–Trinajstić information content (AvgIpc) is 2.18. The Labute approximate surface area is 86.4 Å². The van der Waals surface area contributed by atoms with Crippen LogP contribution in [0.2, 0.25) is 0 Å².